The predicted molar refractivity (Wildman–Crippen MR) is 70.2 cm³/mol. The number of hydrogen-bond acceptors (Lipinski definition) is 2. The summed E-state index contributed by atoms with van der Waals surface area (Å²) >= 11 is 12.0. The quantitative estimate of drug-likeness (QED) is 0.629. The van der Waals surface area contributed by atoms with Gasteiger partial charge in [0.2, 0.25) is 5.91 Å². The van der Waals surface area contributed by atoms with Crippen molar-refractivity contribution in [1.29, 1.82) is 0 Å². The van der Waals surface area contributed by atoms with Gasteiger partial charge in [-0.25, -0.2) is 0 Å². The lowest BCUT2D eigenvalue weighted by Gasteiger charge is -2.18. The van der Waals surface area contributed by atoms with Crippen LogP contribution in [0.3, 0.4) is 0 Å². The SMILES string of the molecule is C#CC1CC(=O)N(c2cc(Cl)c(N)cc2Cl)C1. The van der Waals surface area contributed by atoms with E-state index in [0.717, 1.165) is 0 Å². The second-order valence-corrected chi connectivity index (χ2v) is 4.71. The van der Waals surface area contributed by atoms with Gasteiger partial charge in [-0.2, -0.15) is 0 Å². The summed E-state index contributed by atoms with van der Waals surface area (Å²) in [5.41, 5.74) is 6.58. The molecule has 0 saturated carbocycles. The van der Waals surface area contributed by atoms with Gasteiger partial charge >= 0.3 is 0 Å². The van der Waals surface area contributed by atoms with Gasteiger partial charge in [0, 0.05) is 18.9 Å². The molecule has 2 rings (SSSR count). The Bertz CT molecular complexity index is 522. The highest BCUT2D eigenvalue weighted by atomic mass is 35.5. The lowest BCUT2D eigenvalue weighted by atomic mass is 10.1. The van der Waals surface area contributed by atoms with E-state index in [4.69, 9.17) is 35.4 Å². The van der Waals surface area contributed by atoms with Gasteiger partial charge in [-0.05, 0) is 12.1 Å². The number of anilines is 2. The van der Waals surface area contributed by atoms with E-state index in [2.05, 4.69) is 5.92 Å². The fraction of sp³-hybridized carbons (Fsp3) is 0.250. The minimum Gasteiger partial charge on any atom is -0.397 e. The zero-order chi connectivity index (χ0) is 12.6. The van der Waals surface area contributed by atoms with Crippen LogP contribution in [0.2, 0.25) is 10.0 Å². The third kappa shape index (κ3) is 2.19. The van der Waals surface area contributed by atoms with Crippen molar-refractivity contribution in [2.24, 2.45) is 5.92 Å². The van der Waals surface area contributed by atoms with Crippen molar-refractivity contribution in [1.82, 2.24) is 0 Å². The number of amides is 1. The normalized spacial score (nSPS) is 19.5. The average molecular weight is 269 g/mol. The molecule has 0 bridgehead atoms. The Labute approximate surface area is 109 Å². The van der Waals surface area contributed by atoms with Crippen LogP contribution in [0.5, 0.6) is 0 Å². The summed E-state index contributed by atoms with van der Waals surface area (Å²) in [6, 6.07) is 3.13. The van der Waals surface area contributed by atoms with Crippen LogP contribution in [0.1, 0.15) is 6.42 Å². The van der Waals surface area contributed by atoms with Crippen molar-refractivity contribution in [3.63, 3.8) is 0 Å². The highest BCUT2D eigenvalue weighted by Crippen LogP contribution is 2.36. The van der Waals surface area contributed by atoms with E-state index in [-0.39, 0.29) is 11.8 Å². The molecular formula is C12H10Cl2N2O. The van der Waals surface area contributed by atoms with E-state index in [1.807, 2.05) is 0 Å². The van der Waals surface area contributed by atoms with E-state index in [9.17, 15) is 4.79 Å². The maximum Gasteiger partial charge on any atom is 0.228 e. The largest absolute Gasteiger partial charge is 0.397 e. The van der Waals surface area contributed by atoms with Crippen LogP contribution in [-0.4, -0.2) is 12.5 Å². The standard InChI is InChI=1S/C12H10Cl2N2O/c1-2-7-3-12(17)16(6-7)11-5-8(13)10(15)4-9(11)14/h1,4-5,7H,3,6,15H2. The molecule has 5 heteroatoms. The van der Waals surface area contributed by atoms with Gasteiger partial charge in [-0.15, -0.1) is 12.3 Å². The zero-order valence-electron chi connectivity index (χ0n) is 8.91. The van der Waals surface area contributed by atoms with Gasteiger partial charge in [0.25, 0.3) is 0 Å². The second kappa shape index (κ2) is 4.48. The lowest BCUT2D eigenvalue weighted by molar-refractivity contribution is -0.117. The van der Waals surface area contributed by atoms with E-state index >= 15 is 0 Å². The van der Waals surface area contributed by atoms with Gasteiger partial charge in [-0.1, -0.05) is 23.2 Å². The molecule has 1 amide bonds. The molecule has 1 saturated heterocycles. The fourth-order valence-electron chi connectivity index (χ4n) is 1.81. The molecule has 88 valence electrons. The van der Waals surface area contributed by atoms with E-state index in [1.165, 1.54) is 6.07 Å². The average Bonchev–Trinajstić information content (AvgIpc) is 2.65. The molecule has 1 atom stereocenters. The lowest BCUT2D eigenvalue weighted by Crippen LogP contribution is -2.24. The zero-order valence-corrected chi connectivity index (χ0v) is 10.4. The number of carbonyl (C=O) groups excluding carboxylic acids is 1. The third-order valence-corrected chi connectivity index (χ3v) is 3.35. The topological polar surface area (TPSA) is 46.3 Å². The molecule has 3 nitrogen and oxygen atoms in total. The smallest absolute Gasteiger partial charge is 0.228 e. The molecule has 0 radical (unpaired) electrons. The molecule has 1 aliphatic rings. The van der Waals surface area contributed by atoms with Gasteiger partial charge in [0.05, 0.1) is 21.4 Å². The van der Waals surface area contributed by atoms with E-state index in [1.54, 1.807) is 11.0 Å². The first-order valence-electron chi connectivity index (χ1n) is 5.04. The molecule has 17 heavy (non-hydrogen) atoms. The van der Waals surface area contributed by atoms with Gasteiger partial charge < -0.3 is 10.6 Å². The molecule has 1 heterocycles. The summed E-state index contributed by atoms with van der Waals surface area (Å²) in [4.78, 5) is 13.3. The van der Waals surface area contributed by atoms with Crippen LogP contribution < -0.4 is 10.6 Å². The summed E-state index contributed by atoms with van der Waals surface area (Å²) in [6.07, 6.45) is 5.66. The Morgan fingerprint density at radius 2 is 2.12 bits per heavy atom. The Balaban J connectivity index is 2.39. The highest BCUT2D eigenvalue weighted by Gasteiger charge is 2.30. The first-order chi connectivity index (χ1) is 8.02. The number of nitrogens with two attached hydrogens (primary N) is 1. The predicted octanol–water partition coefficient (Wildman–Crippen LogP) is 2.56. The molecule has 2 N–H and O–H groups in total. The van der Waals surface area contributed by atoms with E-state index in [0.29, 0.717) is 34.4 Å². The number of benzene rings is 1. The summed E-state index contributed by atoms with van der Waals surface area (Å²) in [5, 5.41) is 0.777. The van der Waals surface area contributed by atoms with E-state index < -0.39 is 0 Å². The molecule has 0 aliphatic carbocycles. The van der Waals surface area contributed by atoms with Crippen LogP contribution in [0.25, 0.3) is 0 Å². The number of nitrogen functional groups attached to an aromatic ring is 1. The molecule has 1 aromatic carbocycles. The Morgan fingerprint density at radius 1 is 1.41 bits per heavy atom. The number of halogens is 2. The minimum absolute atomic E-state index is 0.0457. The maximum atomic E-state index is 11.8. The van der Waals surface area contributed by atoms with Crippen molar-refractivity contribution in [3.8, 4) is 12.3 Å². The first-order valence-corrected chi connectivity index (χ1v) is 5.79. The monoisotopic (exact) mass is 268 g/mol. The van der Waals surface area contributed by atoms with Crippen molar-refractivity contribution < 1.29 is 4.79 Å². The second-order valence-electron chi connectivity index (χ2n) is 3.90. The molecule has 0 aromatic heterocycles. The summed E-state index contributed by atoms with van der Waals surface area (Å²) in [5.74, 6) is 2.46. The Kier molecular flexibility index (Phi) is 3.19. The number of carbonyl (C=O) groups is 1. The van der Waals surface area contributed by atoms with Gasteiger partial charge in [0.1, 0.15) is 0 Å². The highest BCUT2D eigenvalue weighted by molar-refractivity contribution is 6.37. The van der Waals surface area contributed by atoms with Crippen LogP contribution in [0.4, 0.5) is 11.4 Å². The van der Waals surface area contributed by atoms with Crippen LogP contribution in [-0.2, 0) is 4.79 Å². The minimum atomic E-state index is -0.0742. The molecule has 1 aliphatic heterocycles. The molecule has 1 fully saturated rings. The van der Waals surface area contributed by atoms with Crippen molar-refractivity contribution >= 4 is 40.5 Å². The maximum absolute atomic E-state index is 11.8. The number of rotatable bonds is 1. The number of terminal acetylenes is 1. The third-order valence-electron chi connectivity index (χ3n) is 2.72. The molecule has 1 unspecified atom stereocenters. The molecule has 1 aromatic rings. The number of nitrogens with zero attached hydrogens (tertiary/aromatic N) is 1. The fourth-order valence-corrected chi connectivity index (χ4v) is 2.24. The number of hydrogen-bond donors (Lipinski definition) is 1. The Morgan fingerprint density at radius 3 is 2.71 bits per heavy atom. The van der Waals surface area contributed by atoms with Gasteiger partial charge in [-0.3, -0.25) is 4.79 Å². The van der Waals surface area contributed by atoms with Crippen LogP contribution >= 0.6 is 23.2 Å². The first kappa shape index (κ1) is 12.1. The van der Waals surface area contributed by atoms with Crippen molar-refractivity contribution in [2.75, 3.05) is 17.2 Å². The van der Waals surface area contributed by atoms with Crippen LogP contribution in [0.15, 0.2) is 12.1 Å². The van der Waals surface area contributed by atoms with Crippen LogP contribution in [0, 0.1) is 18.3 Å². The van der Waals surface area contributed by atoms with Crippen molar-refractivity contribution in [2.45, 2.75) is 6.42 Å². The van der Waals surface area contributed by atoms with Crippen molar-refractivity contribution in [3.05, 3.63) is 22.2 Å². The summed E-state index contributed by atoms with van der Waals surface area (Å²) in [6.45, 7) is 0.468. The Hall–Kier alpha value is -1.37. The molecular weight excluding hydrogens is 259 g/mol. The van der Waals surface area contributed by atoms with Gasteiger partial charge in [0.15, 0.2) is 0 Å². The molecule has 0 spiro atoms. The summed E-state index contributed by atoms with van der Waals surface area (Å²) in [7, 11) is 0. The summed E-state index contributed by atoms with van der Waals surface area (Å²) < 4.78 is 0.